The van der Waals surface area contributed by atoms with E-state index in [1.165, 1.54) is 12.1 Å². The largest absolute Gasteiger partial charge is 0.491 e. The van der Waals surface area contributed by atoms with E-state index in [-0.39, 0.29) is 11.4 Å². The van der Waals surface area contributed by atoms with Crippen molar-refractivity contribution in [1.29, 1.82) is 0 Å². The number of nitrogens with one attached hydrogen (secondary N) is 1. The van der Waals surface area contributed by atoms with Crippen LogP contribution in [0.25, 0.3) is 5.82 Å². The molecule has 2 aromatic heterocycles. The molecule has 3 aromatic rings. The van der Waals surface area contributed by atoms with Crippen LogP contribution in [0.15, 0.2) is 66.0 Å². The Labute approximate surface area is 157 Å². The van der Waals surface area contributed by atoms with Crippen molar-refractivity contribution in [2.24, 2.45) is 0 Å². The van der Waals surface area contributed by atoms with Gasteiger partial charge in [0, 0.05) is 32.2 Å². The van der Waals surface area contributed by atoms with E-state index in [0.29, 0.717) is 24.8 Å². The normalized spacial score (nSPS) is 11.4. The van der Waals surface area contributed by atoms with Gasteiger partial charge in [-0.05, 0) is 48.0 Å². The van der Waals surface area contributed by atoms with E-state index in [1.54, 1.807) is 60.7 Å². The molecule has 0 aliphatic heterocycles. The zero-order valence-electron chi connectivity index (χ0n) is 14.8. The maximum Gasteiger partial charge on any atom is 0.240 e. The average Bonchev–Trinajstić information content (AvgIpc) is 3.22. The molecule has 1 aromatic carbocycles. The van der Waals surface area contributed by atoms with Crippen LogP contribution in [-0.2, 0) is 21.3 Å². The lowest BCUT2D eigenvalue weighted by Crippen LogP contribution is -2.23. The standard InChI is InChI=1S/C18H20N4O4S/c1-25-11-12-26-16-3-5-17(6-4-16)27(23,24)21-14-15-7-9-19-18(13-15)22-10-2-8-20-22/h2-10,13,21H,11-12,14H2,1H3. The van der Waals surface area contributed by atoms with Crippen molar-refractivity contribution in [2.75, 3.05) is 20.3 Å². The molecule has 1 N–H and O–H groups in total. The minimum absolute atomic E-state index is 0.144. The summed E-state index contributed by atoms with van der Waals surface area (Å²) < 4.78 is 39.5. The molecule has 3 rings (SSSR count). The Morgan fingerprint density at radius 2 is 1.93 bits per heavy atom. The molecule has 8 nitrogen and oxygen atoms in total. The van der Waals surface area contributed by atoms with E-state index in [1.807, 2.05) is 0 Å². The lowest BCUT2D eigenvalue weighted by atomic mass is 10.2. The van der Waals surface area contributed by atoms with Crippen molar-refractivity contribution >= 4 is 10.0 Å². The minimum Gasteiger partial charge on any atom is -0.491 e. The molecular weight excluding hydrogens is 368 g/mol. The number of hydrogen-bond donors (Lipinski definition) is 1. The number of pyridine rings is 1. The summed E-state index contributed by atoms with van der Waals surface area (Å²) in [6, 6.07) is 11.6. The molecule has 0 aliphatic carbocycles. The third kappa shape index (κ3) is 5.13. The molecule has 0 aliphatic rings. The first-order chi connectivity index (χ1) is 13.1. The van der Waals surface area contributed by atoms with Gasteiger partial charge in [-0.25, -0.2) is 22.8 Å². The van der Waals surface area contributed by atoms with Gasteiger partial charge < -0.3 is 9.47 Å². The van der Waals surface area contributed by atoms with Gasteiger partial charge >= 0.3 is 0 Å². The number of ether oxygens (including phenoxy) is 2. The third-order valence-electron chi connectivity index (χ3n) is 3.71. The molecule has 0 saturated carbocycles. The van der Waals surface area contributed by atoms with Crippen LogP contribution in [0, 0.1) is 0 Å². The molecule has 2 heterocycles. The zero-order chi connectivity index (χ0) is 19.1. The summed E-state index contributed by atoms with van der Waals surface area (Å²) in [4.78, 5) is 4.39. The predicted octanol–water partition coefficient (Wildman–Crippen LogP) is 1.77. The summed E-state index contributed by atoms with van der Waals surface area (Å²) in [6.45, 7) is 1.01. The fourth-order valence-corrected chi connectivity index (χ4v) is 3.34. The lowest BCUT2D eigenvalue weighted by Gasteiger charge is -2.09. The highest BCUT2D eigenvalue weighted by molar-refractivity contribution is 7.89. The summed E-state index contributed by atoms with van der Waals surface area (Å²) in [5, 5.41) is 4.11. The summed E-state index contributed by atoms with van der Waals surface area (Å²) in [5.41, 5.74) is 0.776. The van der Waals surface area contributed by atoms with Gasteiger partial charge in [-0.3, -0.25) is 0 Å². The fourth-order valence-electron chi connectivity index (χ4n) is 2.32. The van der Waals surface area contributed by atoms with Crippen molar-refractivity contribution < 1.29 is 17.9 Å². The van der Waals surface area contributed by atoms with Crippen LogP contribution < -0.4 is 9.46 Å². The Morgan fingerprint density at radius 3 is 2.63 bits per heavy atom. The van der Waals surface area contributed by atoms with E-state index < -0.39 is 10.0 Å². The Hall–Kier alpha value is -2.75. The molecule has 9 heteroatoms. The summed E-state index contributed by atoms with van der Waals surface area (Å²) >= 11 is 0. The number of methoxy groups -OCH3 is 1. The quantitative estimate of drug-likeness (QED) is 0.562. The predicted molar refractivity (Wildman–Crippen MR) is 99.2 cm³/mol. The van der Waals surface area contributed by atoms with Crippen LogP contribution in [0.4, 0.5) is 0 Å². The number of sulfonamides is 1. The highest BCUT2D eigenvalue weighted by Crippen LogP contribution is 2.16. The van der Waals surface area contributed by atoms with Crippen molar-refractivity contribution in [3.63, 3.8) is 0 Å². The first kappa shape index (κ1) is 19.0. The first-order valence-electron chi connectivity index (χ1n) is 8.25. The van der Waals surface area contributed by atoms with Crippen molar-refractivity contribution in [3.05, 3.63) is 66.6 Å². The summed E-state index contributed by atoms with van der Waals surface area (Å²) in [7, 11) is -2.05. The molecule has 27 heavy (non-hydrogen) atoms. The number of benzene rings is 1. The topological polar surface area (TPSA) is 95.3 Å². The van der Waals surface area contributed by atoms with Gasteiger partial charge in [-0.2, -0.15) is 5.10 Å². The second-order valence-corrected chi connectivity index (χ2v) is 7.38. The van der Waals surface area contributed by atoms with E-state index >= 15 is 0 Å². The smallest absolute Gasteiger partial charge is 0.240 e. The van der Waals surface area contributed by atoms with Gasteiger partial charge in [-0.1, -0.05) is 0 Å². The Morgan fingerprint density at radius 1 is 1.11 bits per heavy atom. The maximum atomic E-state index is 12.5. The van der Waals surface area contributed by atoms with Crippen molar-refractivity contribution in [2.45, 2.75) is 11.4 Å². The molecule has 0 atom stereocenters. The van der Waals surface area contributed by atoms with Gasteiger partial charge in [0.2, 0.25) is 10.0 Å². The maximum absolute atomic E-state index is 12.5. The Kier molecular flexibility index (Phi) is 6.17. The molecule has 0 radical (unpaired) electrons. The second kappa shape index (κ2) is 8.76. The van der Waals surface area contributed by atoms with Crippen LogP contribution in [0.1, 0.15) is 5.56 Å². The van der Waals surface area contributed by atoms with Crippen molar-refractivity contribution in [3.8, 4) is 11.6 Å². The van der Waals surface area contributed by atoms with Crippen LogP contribution in [0.5, 0.6) is 5.75 Å². The SMILES string of the molecule is COCCOc1ccc(S(=O)(=O)NCc2ccnc(-n3cccn3)c2)cc1. The van der Waals surface area contributed by atoms with Crippen molar-refractivity contribution in [1.82, 2.24) is 19.5 Å². The number of hydrogen-bond acceptors (Lipinski definition) is 6. The number of aromatic nitrogens is 3. The van der Waals surface area contributed by atoms with Gasteiger partial charge in [0.25, 0.3) is 0 Å². The number of rotatable bonds is 9. The summed E-state index contributed by atoms with van der Waals surface area (Å²) in [6.07, 6.45) is 5.04. The highest BCUT2D eigenvalue weighted by Gasteiger charge is 2.14. The second-order valence-electron chi connectivity index (χ2n) is 5.61. The Bertz CT molecular complexity index is 957. The van der Waals surface area contributed by atoms with Gasteiger partial charge in [-0.15, -0.1) is 0 Å². The average molecular weight is 388 g/mol. The number of nitrogens with zero attached hydrogens (tertiary/aromatic N) is 3. The monoisotopic (exact) mass is 388 g/mol. The zero-order valence-corrected chi connectivity index (χ0v) is 15.6. The van der Waals surface area contributed by atoms with Crippen LogP contribution >= 0.6 is 0 Å². The molecular formula is C18H20N4O4S. The van der Waals surface area contributed by atoms with E-state index in [0.717, 1.165) is 5.56 Å². The highest BCUT2D eigenvalue weighted by atomic mass is 32.2. The van der Waals surface area contributed by atoms with E-state index in [4.69, 9.17) is 9.47 Å². The van der Waals surface area contributed by atoms with Gasteiger partial charge in [0.05, 0.1) is 11.5 Å². The third-order valence-corrected chi connectivity index (χ3v) is 5.12. The van der Waals surface area contributed by atoms with Crippen LogP contribution in [-0.4, -0.2) is 43.5 Å². The first-order valence-corrected chi connectivity index (χ1v) is 9.73. The van der Waals surface area contributed by atoms with E-state index in [2.05, 4.69) is 14.8 Å². The van der Waals surface area contributed by atoms with Crippen LogP contribution in [0.3, 0.4) is 0 Å². The summed E-state index contributed by atoms with van der Waals surface area (Å²) in [5.74, 6) is 1.21. The van der Waals surface area contributed by atoms with Gasteiger partial charge in [0.15, 0.2) is 5.82 Å². The molecule has 0 bridgehead atoms. The Balaban J connectivity index is 1.64. The molecule has 0 spiro atoms. The lowest BCUT2D eigenvalue weighted by molar-refractivity contribution is 0.146. The van der Waals surface area contributed by atoms with E-state index in [9.17, 15) is 8.42 Å². The molecule has 142 valence electrons. The molecule has 0 unspecified atom stereocenters. The molecule has 0 fully saturated rings. The molecule has 0 saturated heterocycles. The molecule has 0 amide bonds. The van der Waals surface area contributed by atoms with Gasteiger partial charge in [0.1, 0.15) is 12.4 Å². The fraction of sp³-hybridized carbons (Fsp3) is 0.222. The van der Waals surface area contributed by atoms with Crippen LogP contribution in [0.2, 0.25) is 0 Å². The minimum atomic E-state index is -3.64.